The van der Waals surface area contributed by atoms with Gasteiger partial charge in [-0.05, 0) is 0 Å². The first-order chi connectivity index (χ1) is 7.93. The molecule has 0 aromatic carbocycles. The first-order valence-corrected chi connectivity index (χ1v) is 6.57. The molecule has 2 aromatic rings. The zero-order valence-corrected chi connectivity index (χ0v) is 10.5. The highest BCUT2D eigenvalue weighted by Gasteiger charge is 2.14. The van der Waals surface area contributed by atoms with Crippen LogP contribution in [0.4, 0.5) is 0 Å². The van der Waals surface area contributed by atoms with Crippen molar-refractivity contribution in [2.45, 2.75) is 5.88 Å². The summed E-state index contributed by atoms with van der Waals surface area (Å²) in [4.78, 5) is 27.6. The molecule has 2 rings (SSSR count). The van der Waals surface area contributed by atoms with Gasteiger partial charge in [-0.3, -0.25) is 18.1 Å². The topological polar surface area (TPSA) is 78.9 Å². The van der Waals surface area contributed by atoms with Gasteiger partial charge in [-0.15, -0.1) is 0 Å². The van der Waals surface area contributed by atoms with Crippen LogP contribution < -0.4 is 11.2 Å². The second-order valence-corrected chi connectivity index (χ2v) is 5.20. The lowest BCUT2D eigenvalue weighted by atomic mass is 10.5. The molecule has 0 aliphatic rings. The Balaban J connectivity index is 2.90. The third kappa shape index (κ3) is 1.74. The van der Waals surface area contributed by atoms with Gasteiger partial charge in [-0.2, -0.15) is 0 Å². The fourth-order valence-electron chi connectivity index (χ4n) is 1.69. The number of fused-ring (bicyclic) bond motifs is 1. The molecule has 0 spiro atoms. The monoisotopic (exact) mass is 256 g/mol. The van der Waals surface area contributed by atoms with Crippen molar-refractivity contribution in [2.24, 2.45) is 14.1 Å². The van der Waals surface area contributed by atoms with Crippen LogP contribution in [0.1, 0.15) is 0 Å². The van der Waals surface area contributed by atoms with Crippen LogP contribution >= 0.6 is 0 Å². The highest BCUT2D eigenvalue weighted by Crippen LogP contribution is 2.05. The van der Waals surface area contributed by atoms with Crippen LogP contribution in [-0.2, 0) is 30.8 Å². The lowest BCUT2D eigenvalue weighted by molar-refractivity contribution is 0.676. The van der Waals surface area contributed by atoms with Crippen LogP contribution in [0.25, 0.3) is 11.2 Å². The first kappa shape index (κ1) is 11.8. The Morgan fingerprint density at radius 1 is 1.29 bits per heavy atom. The Morgan fingerprint density at radius 3 is 2.53 bits per heavy atom. The van der Waals surface area contributed by atoms with Crippen LogP contribution in [0, 0.1) is 0 Å². The Morgan fingerprint density at radius 2 is 1.94 bits per heavy atom. The van der Waals surface area contributed by atoms with Crippen molar-refractivity contribution in [1.29, 1.82) is 0 Å². The molecule has 0 amide bonds. The fourth-order valence-corrected chi connectivity index (χ4v) is 2.28. The lowest BCUT2D eigenvalue weighted by Crippen LogP contribution is -2.37. The molecule has 0 saturated heterocycles. The predicted octanol–water partition coefficient (Wildman–Crippen LogP) is -1.23. The van der Waals surface area contributed by atoms with E-state index in [1.54, 1.807) is 7.05 Å². The zero-order valence-electron chi connectivity index (χ0n) is 9.71. The summed E-state index contributed by atoms with van der Waals surface area (Å²) in [5.41, 5.74) is -0.246. The number of nitrogens with zero attached hydrogens (tertiary/aromatic N) is 4. The summed E-state index contributed by atoms with van der Waals surface area (Å²) in [6.45, 7) is 0. The lowest BCUT2D eigenvalue weighted by Gasteiger charge is -2.04. The van der Waals surface area contributed by atoms with Gasteiger partial charge >= 0.3 is 5.69 Å². The predicted molar refractivity (Wildman–Crippen MR) is 64.3 cm³/mol. The van der Waals surface area contributed by atoms with Crippen LogP contribution in [0.3, 0.4) is 0 Å². The van der Waals surface area contributed by atoms with Gasteiger partial charge in [0.05, 0.1) is 12.2 Å². The van der Waals surface area contributed by atoms with Gasteiger partial charge in [0.2, 0.25) is 0 Å². The summed E-state index contributed by atoms with van der Waals surface area (Å²) in [5.74, 6) is 0.184. The number of hydrogen-bond donors (Lipinski definition) is 0. The van der Waals surface area contributed by atoms with Crippen molar-refractivity contribution in [3.8, 4) is 0 Å². The minimum Gasteiger partial charge on any atom is -0.312 e. The molecule has 92 valence electrons. The number of aromatic nitrogens is 4. The van der Waals surface area contributed by atoms with E-state index in [1.807, 2.05) is 0 Å². The van der Waals surface area contributed by atoms with E-state index in [-0.39, 0.29) is 5.88 Å². The molecular weight excluding hydrogens is 244 g/mol. The van der Waals surface area contributed by atoms with Crippen LogP contribution in [-0.4, -0.2) is 29.1 Å². The number of imidazole rings is 1. The van der Waals surface area contributed by atoms with E-state index in [2.05, 4.69) is 4.98 Å². The number of rotatable bonds is 2. The third-order valence-electron chi connectivity index (χ3n) is 2.54. The largest absolute Gasteiger partial charge is 0.332 e. The second kappa shape index (κ2) is 3.95. The Kier molecular flexibility index (Phi) is 2.74. The molecule has 0 saturated carbocycles. The fraction of sp³-hybridized carbons (Fsp3) is 0.444. The molecule has 17 heavy (non-hydrogen) atoms. The van der Waals surface area contributed by atoms with Crippen LogP contribution in [0.5, 0.6) is 0 Å². The van der Waals surface area contributed by atoms with E-state index in [0.717, 1.165) is 4.57 Å². The molecule has 0 bridgehead atoms. The number of aryl methyl sites for hydroxylation is 1. The van der Waals surface area contributed by atoms with Gasteiger partial charge in [0.25, 0.3) is 5.56 Å². The minimum absolute atomic E-state index is 0.184. The molecule has 1 unspecified atom stereocenters. The van der Waals surface area contributed by atoms with E-state index in [1.165, 1.54) is 28.8 Å². The smallest absolute Gasteiger partial charge is 0.312 e. The third-order valence-corrected chi connectivity index (χ3v) is 3.18. The maximum absolute atomic E-state index is 12.0. The summed E-state index contributed by atoms with van der Waals surface area (Å²) in [5, 5.41) is 0. The van der Waals surface area contributed by atoms with Gasteiger partial charge in [0, 0.05) is 31.2 Å². The standard InChI is InChI=1S/C9H12N4O3S/c1-11-7-6(8(14)12(2)9(11)15)13(4-10-7)5-17(3)16/h4H,5H2,1-3H3. The maximum Gasteiger partial charge on any atom is 0.332 e. The van der Waals surface area contributed by atoms with Crippen LogP contribution in [0.15, 0.2) is 15.9 Å². The quantitative estimate of drug-likeness (QED) is 0.674. The van der Waals surface area contributed by atoms with Gasteiger partial charge in [0.15, 0.2) is 11.2 Å². The van der Waals surface area contributed by atoms with Crippen molar-refractivity contribution in [1.82, 2.24) is 18.7 Å². The van der Waals surface area contributed by atoms with Crippen molar-refractivity contribution in [2.75, 3.05) is 6.26 Å². The highest BCUT2D eigenvalue weighted by molar-refractivity contribution is 7.83. The van der Waals surface area contributed by atoms with Gasteiger partial charge in [-0.1, -0.05) is 0 Å². The molecule has 0 N–H and O–H groups in total. The normalized spacial score (nSPS) is 13.1. The van der Waals surface area contributed by atoms with Crippen molar-refractivity contribution in [3.63, 3.8) is 0 Å². The first-order valence-electron chi connectivity index (χ1n) is 4.84. The Bertz CT molecular complexity index is 724. The molecule has 0 aliphatic carbocycles. The molecule has 0 radical (unpaired) electrons. The molecular formula is C9H12N4O3S. The SMILES string of the molecule is Cn1c(=O)c2c(ncn2CS(C)=O)n(C)c1=O. The van der Waals surface area contributed by atoms with E-state index in [4.69, 9.17) is 0 Å². The number of hydrogen-bond acceptors (Lipinski definition) is 4. The van der Waals surface area contributed by atoms with E-state index in [0.29, 0.717) is 11.2 Å². The molecule has 7 nitrogen and oxygen atoms in total. The van der Waals surface area contributed by atoms with Crippen LogP contribution in [0.2, 0.25) is 0 Å². The van der Waals surface area contributed by atoms with E-state index in [9.17, 15) is 13.8 Å². The van der Waals surface area contributed by atoms with Crippen molar-refractivity contribution < 1.29 is 4.21 Å². The summed E-state index contributed by atoms with van der Waals surface area (Å²) >= 11 is 0. The summed E-state index contributed by atoms with van der Waals surface area (Å²) in [7, 11) is 1.86. The Hall–Kier alpha value is -1.70. The molecule has 1 atom stereocenters. The van der Waals surface area contributed by atoms with Crippen molar-refractivity contribution >= 4 is 22.0 Å². The Labute approximate surface area is 98.8 Å². The minimum atomic E-state index is -1.09. The molecule has 2 heterocycles. The van der Waals surface area contributed by atoms with E-state index >= 15 is 0 Å². The summed E-state index contributed by atoms with van der Waals surface area (Å²) in [6, 6.07) is 0. The van der Waals surface area contributed by atoms with E-state index < -0.39 is 22.0 Å². The summed E-state index contributed by atoms with van der Waals surface area (Å²) in [6.07, 6.45) is 2.96. The molecule has 2 aromatic heterocycles. The molecule has 8 heteroatoms. The average Bonchev–Trinajstić information content (AvgIpc) is 2.66. The maximum atomic E-state index is 12.0. The zero-order chi connectivity index (χ0) is 12.7. The van der Waals surface area contributed by atoms with Crippen molar-refractivity contribution in [3.05, 3.63) is 27.2 Å². The van der Waals surface area contributed by atoms with Gasteiger partial charge in [-0.25, -0.2) is 9.78 Å². The summed E-state index contributed by atoms with van der Waals surface area (Å²) < 4.78 is 15.0. The molecule has 0 fully saturated rings. The molecule has 0 aliphatic heterocycles. The van der Waals surface area contributed by atoms with Gasteiger partial charge < -0.3 is 4.57 Å². The highest BCUT2D eigenvalue weighted by atomic mass is 32.2. The second-order valence-electron chi connectivity index (χ2n) is 3.79. The van der Waals surface area contributed by atoms with Gasteiger partial charge in [0.1, 0.15) is 0 Å². The average molecular weight is 256 g/mol.